The van der Waals surface area contributed by atoms with Crippen LogP contribution in [0.2, 0.25) is 0 Å². The third-order valence-electron chi connectivity index (χ3n) is 5.52. The van der Waals surface area contributed by atoms with Crippen molar-refractivity contribution in [2.75, 3.05) is 25.2 Å². The molecule has 2 aromatic heterocycles. The summed E-state index contributed by atoms with van der Waals surface area (Å²) < 4.78 is 12.2. The Bertz CT molecular complexity index is 1230. The zero-order valence-corrected chi connectivity index (χ0v) is 19.2. The maximum atomic E-state index is 13.8. The van der Waals surface area contributed by atoms with Gasteiger partial charge >= 0.3 is 0 Å². The molecule has 34 heavy (non-hydrogen) atoms. The summed E-state index contributed by atoms with van der Waals surface area (Å²) in [4.78, 5) is 28.5. The first-order chi connectivity index (χ1) is 16.6. The number of carbonyl (C=O) groups excluding carboxylic acids is 2. The van der Waals surface area contributed by atoms with E-state index in [2.05, 4.69) is 22.6 Å². The second-order valence-corrected chi connectivity index (χ2v) is 7.72. The summed E-state index contributed by atoms with van der Waals surface area (Å²) in [6, 6.07) is 17.4. The molecule has 0 fully saturated rings. The van der Waals surface area contributed by atoms with Gasteiger partial charge in [0, 0.05) is 19.3 Å². The standard InChI is InChI=1S/C25H27N5O4/c1-3-18-10-12-19(13-11-18)30(23(31)17-29-21-8-5-4-7-20(21)27-28-29)24(22-9-6-15-34-22)25(32)26-14-16-33-2/h4-13,15,24H,3,14,16-17H2,1-2H3,(H,26,32). The van der Waals surface area contributed by atoms with Crippen LogP contribution in [0, 0.1) is 0 Å². The van der Waals surface area contributed by atoms with Gasteiger partial charge in [-0.1, -0.05) is 36.4 Å². The Morgan fingerprint density at radius 3 is 2.62 bits per heavy atom. The van der Waals surface area contributed by atoms with Crippen LogP contribution in [0.1, 0.15) is 24.3 Å². The second-order valence-electron chi connectivity index (χ2n) is 7.72. The van der Waals surface area contributed by atoms with Crippen LogP contribution in [0.3, 0.4) is 0 Å². The number of hydrogen-bond acceptors (Lipinski definition) is 6. The summed E-state index contributed by atoms with van der Waals surface area (Å²) in [6.45, 7) is 2.61. The van der Waals surface area contributed by atoms with Crippen molar-refractivity contribution in [2.24, 2.45) is 0 Å². The third-order valence-corrected chi connectivity index (χ3v) is 5.52. The van der Waals surface area contributed by atoms with Crippen molar-refractivity contribution in [1.29, 1.82) is 0 Å². The lowest BCUT2D eigenvalue weighted by Gasteiger charge is -2.30. The number of methoxy groups -OCH3 is 1. The molecule has 0 aliphatic carbocycles. The maximum Gasteiger partial charge on any atom is 0.251 e. The largest absolute Gasteiger partial charge is 0.467 e. The number of aryl methyl sites for hydroxylation is 1. The molecule has 0 spiro atoms. The molecular weight excluding hydrogens is 434 g/mol. The molecule has 0 saturated carbocycles. The van der Waals surface area contributed by atoms with Gasteiger partial charge in [0.1, 0.15) is 17.8 Å². The first-order valence-electron chi connectivity index (χ1n) is 11.1. The highest BCUT2D eigenvalue weighted by molar-refractivity contribution is 6.01. The van der Waals surface area contributed by atoms with Crippen LogP contribution in [0.15, 0.2) is 71.3 Å². The summed E-state index contributed by atoms with van der Waals surface area (Å²) in [6.07, 6.45) is 2.34. The van der Waals surface area contributed by atoms with E-state index in [0.717, 1.165) is 17.5 Å². The third kappa shape index (κ3) is 4.99. The molecule has 9 nitrogen and oxygen atoms in total. The number of nitrogens with one attached hydrogen (secondary N) is 1. The van der Waals surface area contributed by atoms with E-state index in [0.29, 0.717) is 30.1 Å². The molecule has 0 saturated heterocycles. The van der Waals surface area contributed by atoms with E-state index in [1.807, 2.05) is 48.5 Å². The second kappa shape index (κ2) is 10.8. The monoisotopic (exact) mass is 461 g/mol. The molecule has 4 aromatic rings. The highest BCUT2D eigenvalue weighted by Gasteiger charge is 2.35. The summed E-state index contributed by atoms with van der Waals surface area (Å²) in [5, 5.41) is 11.1. The van der Waals surface area contributed by atoms with Crippen molar-refractivity contribution >= 4 is 28.5 Å². The van der Waals surface area contributed by atoms with E-state index in [1.54, 1.807) is 19.2 Å². The lowest BCUT2D eigenvalue weighted by molar-refractivity contribution is -0.127. The summed E-state index contributed by atoms with van der Waals surface area (Å²) >= 11 is 0. The van der Waals surface area contributed by atoms with E-state index in [4.69, 9.17) is 9.15 Å². The van der Waals surface area contributed by atoms with Crippen molar-refractivity contribution in [3.63, 3.8) is 0 Å². The topological polar surface area (TPSA) is 102 Å². The number of nitrogens with zero attached hydrogens (tertiary/aromatic N) is 4. The average molecular weight is 462 g/mol. The number of carbonyl (C=O) groups is 2. The highest BCUT2D eigenvalue weighted by Crippen LogP contribution is 2.29. The molecular formula is C25H27N5O4. The number of amides is 2. The van der Waals surface area contributed by atoms with Crippen LogP contribution in [-0.2, 0) is 27.3 Å². The van der Waals surface area contributed by atoms with Crippen molar-refractivity contribution in [1.82, 2.24) is 20.3 Å². The summed E-state index contributed by atoms with van der Waals surface area (Å²) in [5.74, 6) is -0.349. The molecule has 4 rings (SSSR count). The number of ether oxygens (including phenoxy) is 1. The molecule has 0 radical (unpaired) electrons. The van der Waals surface area contributed by atoms with Gasteiger partial charge in [0.15, 0.2) is 6.04 Å². The predicted octanol–water partition coefficient (Wildman–Crippen LogP) is 3.12. The van der Waals surface area contributed by atoms with Crippen LogP contribution < -0.4 is 10.2 Å². The quantitative estimate of drug-likeness (QED) is 0.364. The fraction of sp³-hybridized carbons (Fsp3) is 0.280. The lowest BCUT2D eigenvalue weighted by Crippen LogP contribution is -2.45. The van der Waals surface area contributed by atoms with E-state index in [-0.39, 0.29) is 18.4 Å². The first-order valence-corrected chi connectivity index (χ1v) is 11.1. The van der Waals surface area contributed by atoms with Crippen molar-refractivity contribution < 1.29 is 18.7 Å². The van der Waals surface area contributed by atoms with Crippen LogP contribution in [0.25, 0.3) is 11.0 Å². The Morgan fingerprint density at radius 1 is 1.12 bits per heavy atom. The van der Waals surface area contributed by atoms with Gasteiger partial charge in [0.2, 0.25) is 5.91 Å². The van der Waals surface area contributed by atoms with Crippen molar-refractivity contribution in [3.05, 3.63) is 78.3 Å². The molecule has 2 heterocycles. The van der Waals surface area contributed by atoms with E-state index >= 15 is 0 Å². The molecule has 0 bridgehead atoms. The zero-order chi connectivity index (χ0) is 23.9. The van der Waals surface area contributed by atoms with Gasteiger partial charge in [-0.3, -0.25) is 14.5 Å². The number of hydrogen-bond donors (Lipinski definition) is 1. The molecule has 176 valence electrons. The SMILES string of the molecule is CCc1ccc(N(C(=O)Cn2nnc3ccccc32)C(C(=O)NCCOC)c2ccco2)cc1. The van der Waals surface area contributed by atoms with Gasteiger partial charge in [-0.2, -0.15) is 0 Å². The van der Waals surface area contributed by atoms with Gasteiger partial charge in [-0.05, 0) is 48.4 Å². The number of fused-ring (bicyclic) bond motifs is 1. The molecule has 1 N–H and O–H groups in total. The average Bonchev–Trinajstić information content (AvgIpc) is 3.53. The normalized spacial score (nSPS) is 11.9. The molecule has 2 aromatic carbocycles. The van der Waals surface area contributed by atoms with Crippen molar-refractivity contribution in [3.8, 4) is 0 Å². The van der Waals surface area contributed by atoms with Gasteiger partial charge in [-0.25, -0.2) is 4.68 Å². The number of furan rings is 1. The smallest absolute Gasteiger partial charge is 0.251 e. The highest BCUT2D eigenvalue weighted by atomic mass is 16.5. The fourth-order valence-electron chi connectivity index (χ4n) is 3.76. The van der Waals surface area contributed by atoms with E-state index < -0.39 is 6.04 Å². The van der Waals surface area contributed by atoms with Gasteiger partial charge < -0.3 is 14.5 Å². The van der Waals surface area contributed by atoms with E-state index in [9.17, 15) is 9.59 Å². The Balaban J connectivity index is 1.73. The minimum atomic E-state index is -1.01. The van der Waals surface area contributed by atoms with Crippen molar-refractivity contribution in [2.45, 2.75) is 25.9 Å². The van der Waals surface area contributed by atoms with Crippen LogP contribution in [0.4, 0.5) is 5.69 Å². The minimum Gasteiger partial charge on any atom is -0.467 e. The molecule has 1 unspecified atom stereocenters. The predicted molar refractivity (Wildman–Crippen MR) is 127 cm³/mol. The lowest BCUT2D eigenvalue weighted by atomic mass is 10.1. The molecule has 9 heteroatoms. The van der Waals surface area contributed by atoms with Gasteiger partial charge in [-0.15, -0.1) is 5.10 Å². The number of benzene rings is 2. The van der Waals surface area contributed by atoms with E-state index in [1.165, 1.54) is 15.8 Å². The van der Waals surface area contributed by atoms with Gasteiger partial charge in [0.25, 0.3) is 5.91 Å². The van der Waals surface area contributed by atoms with Gasteiger partial charge in [0.05, 0.1) is 18.4 Å². The Hall–Kier alpha value is -3.98. The summed E-state index contributed by atoms with van der Waals surface area (Å²) in [7, 11) is 1.56. The minimum absolute atomic E-state index is 0.0986. The van der Waals surface area contributed by atoms with Crippen LogP contribution in [0.5, 0.6) is 0 Å². The van der Waals surface area contributed by atoms with Crippen LogP contribution in [-0.4, -0.2) is 47.1 Å². The fourth-order valence-corrected chi connectivity index (χ4v) is 3.76. The maximum absolute atomic E-state index is 13.8. The molecule has 2 amide bonds. The number of aromatic nitrogens is 3. The number of para-hydroxylation sites is 1. The number of rotatable bonds is 10. The number of anilines is 1. The molecule has 0 aliphatic heterocycles. The molecule has 0 aliphatic rings. The molecule has 1 atom stereocenters. The Kier molecular flexibility index (Phi) is 7.34. The van der Waals surface area contributed by atoms with Crippen LogP contribution >= 0.6 is 0 Å². The zero-order valence-electron chi connectivity index (χ0n) is 19.2. The summed E-state index contributed by atoms with van der Waals surface area (Å²) in [5.41, 5.74) is 3.12. The Labute approximate surface area is 197 Å². The Morgan fingerprint density at radius 2 is 1.91 bits per heavy atom. The first kappa shape index (κ1) is 23.2.